The topological polar surface area (TPSA) is 80.1 Å². The smallest absolute Gasteiger partial charge is 0.324 e. The zero-order chi connectivity index (χ0) is 16.9. The first kappa shape index (κ1) is 16.1. The molecule has 7 nitrogen and oxygen atoms in total. The molecule has 126 valence electrons. The number of carbonyl (C=O) groups excluding carboxylic acids is 2. The maximum atomic E-state index is 13.0. The van der Waals surface area contributed by atoms with Gasteiger partial charge in [-0.2, -0.15) is 5.10 Å². The molecule has 1 aliphatic rings. The molecule has 1 unspecified atom stereocenters. The summed E-state index contributed by atoms with van der Waals surface area (Å²) in [7, 11) is 0. The Balaban J connectivity index is 1.58. The number of hydrogen-bond donors (Lipinski definition) is 1. The van der Waals surface area contributed by atoms with E-state index in [2.05, 4.69) is 15.4 Å². The van der Waals surface area contributed by atoms with Gasteiger partial charge < -0.3 is 5.32 Å². The zero-order valence-corrected chi connectivity index (χ0v) is 13.1. The zero-order valence-electron chi connectivity index (χ0n) is 13.1. The summed E-state index contributed by atoms with van der Waals surface area (Å²) in [6.45, 7) is 1.21. The summed E-state index contributed by atoms with van der Waals surface area (Å²) in [5.74, 6) is -0.835. The van der Waals surface area contributed by atoms with E-state index in [4.69, 9.17) is 0 Å². The standard InChI is InChI=1S/C16H18FN5O2/c17-14-4-2-12(3-5-14)8-13-9-19-16(24)22(15(13)23)7-1-6-21-11-18-10-20-21/h2-5,10-11,13H,1,6-9H2,(H,19,24). The molecule has 1 aliphatic heterocycles. The van der Waals surface area contributed by atoms with E-state index in [-0.39, 0.29) is 23.7 Å². The van der Waals surface area contributed by atoms with Crippen LogP contribution in [0.5, 0.6) is 0 Å². The Morgan fingerprint density at radius 2 is 2.00 bits per heavy atom. The molecule has 0 saturated carbocycles. The molecule has 2 heterocycles. The van der Waals surface area contributed by atoms with Gasteiger partial charge in [0, 0.05) is 19.6 Å². The van der Waals surface area contributed by atoms with Crippen molar-refractivity contribution in [1.29, 1.82) is 0 Å². The molecular weight excluding hydrogens is 313 g/mol. The normalized spacial score (nSPS) is 17.9. The monoisotopic (exact) mass is 331 g/mol. The second kappa shape index (κ2) is 7.20. The van der Waals surface area contributed by atoms with Gasteiger partial charge >= 0.3 is 6.03 Å². The van der Waals surface area contributed by atoms with E-state index >= 15 is 0 Å². The van der Waals surface area contributed by atoms with E-state index in [1.165, 1.54) is 23.4 Å². The lowest BCUT2D eigenvalue weighted by Crippen LogP contribution is -2.55. The van der Waals surface area contributed by atoms with Gasteiger partial charge in [0.2, 0.25) is 5.91 Å². The van der Waals surface area contributed by atoms with Gasteiger partial charge in [0.25, 0.3) is 0 Å². The highest BCUT2D eigenvalue weighted by atomic mass is 19.1. The number of nitrogens with zero attached hydrogens (tertiary/aromatic N) is 4. The number of benzene rings is 1. The molecule has 1 aromatic heterocycles. The van der Waals surface area contributed by atoms with Crippen LogP contribution in [0.15, 0.2) is 36.9 Å². The van der Waals surface area contributed by atoms with Crippen LogP contribution in [0.25, 0.3) is 0 Å². The van der Waals surface area contributed by atoms with Gasteiger partial charge in [-0.15, -0.1) is 0 Å². The minimum atomic E-state index is -0.367. The first-order valence-electron chi connectivity index (χ1n) is 7.79. The van der Waals surface area contributed by atoms with Crippen LogP contribution < -0.4 is 5.32 Å². The third-order valence-electron chi connectivity index (χ3n) is 3.99. The van der Waals surface area contributed by atoms with E-state index in [1.54, 1.807) is 23.1 Å². The van der Waals surface area contributed by atoms with E-state index in [1.807, 2.05) is 0 Å². The van der Waals surface area contributed by atoms with Gasteiger partial charge in [0.05, 0.1) is 5.92 Å². The molecule has 0 bridgehead atoms. The van der Waals surface area contributed by atoms with Crippen LogP contribution in [0.4, 0.5) is 9.18 Å². The Bertz CT molecular complexity index is 702. The first-order chi connectivity index (χ1) is 11.6. The molecule has 1 aromatic carbocycles. The van der Waals surface area contributed by atoms with Crippen LogP contribution in [0.3, 0.4) is 0 Å². The molecule has 24 heavy (non-hydrogen) atoms. The first-order valence-corrected chi connectivity index (χ1v) is 7.79. The average Bonchev–Trinajstić information content (AvgIpc) is 3.09. The highest BCUT2D eigenvalue weighted by Gasteiger charge is 2.33. The number of halogens is 1. The number of hydrogen-bond acceptors (Lipinski definition) is 4. The van der Waals surface area contributed by atoms with E-state index in [0.29, 0.717) is 32.5 Å². The van der Waals surface area contributed by atoms with E-state index in [0.717, 1.165) is 5.56 Å². The number of carbonyl (C=O) groups is 2. The number of imide groups is 1. The van der Waals surface area contributed by atoms with Crippen molar-refractivity contribution in [1.82, 2.24) is 25.0 Å². The fourth-order valence-corrected chi connectivity index (χ4v) is 2.73. The quantitative estimate of drug-likeness (QED) is 0.863. The summed E-state index contributed by atoms with van der Waals surface area (Å²) in [5, 5.41) is 6.73. The highest BCUT2D eigenvalue weighted by Crippen LogP contribution is 2.16. The van der Waals surface area contributed by atoms with Gasteiger partial charge in [0.15, 0.2) is 0 Å². The fraction of sp³-hybridized carbons (Fsp3) is 0.375. The Morgan fingerprint density at radius 3 is 2.71 bits per heavy atom. The fourth-order valence-electron chi connectivity index (χ4n) is 2.73. The van der Waals surface area contributed by atoms with Crippen molar-refractivity contribution in [3.8, 4) is 0 Å². The van der Waals surface area contributed by atoms with Crippen molar-refractivity contribution in [3.05, 3.63) is 48.3 Å². The van der Waals surface area contributed by atoms with Crippen molar-refractivity contribution in [2.45, 2.75) is 19.4 Å². The number of amides is 3. The van der Waals surface area contributed by atoms with Crippen molar-refractivity contribution in [2.24, 2.45) is 5.92 Å². The Kier molecular flexibility index (Phi) is 4.83. The number of aryl methyl sites for hydroxylation is 1. The van der Waals surface area contributed by atoms with E-state index < -0.39 is 0 Å². The van der Waals surface area contributed by atoms with Crippen LogP contribution in [0, 0.1) is 11.7 Å². The Labute approximate surface area is 138 Å². The number of urea groups is 1. The largest absolute Gasteiger partial charge is 0.337 e. The van der Waals surface area contributed by atoms with Crippen LogP contribution in [-0.4, -0.2) is 44.7 Å². The lowest BCUT2D eigenvalue weighted by atomic mass is 9.96. The molecule has 1 N–H and O–H groups in total. The van der Waals surface area contributed by atoms with Crippen molar-refractivity contribution in [2.75, 3.05) is 13.1 Å². The SMILES string of the molecule is O=C1NCC(Cc2ccc(F)cc2)C(=O)N1CCCn1cncn1. The molecular formula is C16H18FN5O2. The number of aromatic nitrogens is 3. The maximum absolute atomic E-state index is 13.0. The second-order valence-electron chi connectivity index (χ2n) is 5.72. The third-order valence-corrected chi connectivity index (χ3v) is 3.99. The molecule has 1 saturated heterocycles. The average molecular weight is 331 g/mol. The van der Waals surface area contributed by atoms with Crippen LogP contribution >= 0.6 is 0 Å². The predicted molar refractivity (Wildman–Crippen MR) is 83.3 cm³/mol. The molecule has 8 heteroatoms. The maximum Gasteiger partial charge on any atom is 0.324 e. The summed E-state index contributed by atoms with van der Waals surface area (Å²) in [6.07, 6.45) is 4.11. The molecule has 1 fully saturated rings. The lowest BCUT2D eigenvalue weighted by Gasteiger charge is -2.31. The van der Waals surface area contributed by atoms with E-state index in [9.17, 15) is 14.0 Å². The van der Waals surface area contributed by atoms with Gasteiger partial charge in [-0.1, -0.05) is 12.1 Å². The summed E-state index contributed by atoms with van der Waals surface area (Å²) in [4.78, 5) is 29.6. The Morgan fingerprint density at radius 1 is 1.21 bits per heavy atom. The van der Waals surface area contributed by atoms with Crippen molar-refractivity contribution >= 4 is 11.9 Å². The van der Waals surface area contributed by atoms with Gasteiger partial charge in [-0.3, -0.25) is 14.4 Å². The summed E-state index contributed by atoms with van der Waals surface area (Å²) >= 11 is 0. The molecule has 3 rings (SSSR count). The number of nitrogens with one attached hydrogen (secondary N) is 1. The van der Waals surface area contributed by atoms with Gasteiger partial charge in [-0.05, 0) is 30.5 Å². The van der Waals surface area contributed by atoms with Gasteiger partial charge in [-0.25, -0.2) is 14.2 Å². The molecule has 0 radical (unpaired) electrons. The second-order valence-corrected chi connectivity index (χ2v) is 5.72. The Hall–Kier alpha value is -2.77. The predicted octanol–water partition coefficient (Wildman–Crippen LogP) is 1.22. The molecule has 0 aliphatic carbocycles. The van der Waals surface area contributed by atoms with Crippen molar-refractivity contribution < 1.29 is 14.0 Å². The molecule has 1 atom stereocenters. The minimum Gasteiger partial charge on any atom is -0.337 e. The van der Waals surface area contributed by atoms with Crippen LogP contribution in [0.2, 0.25) is 0 Å². The minimum absolute atomic E-state index is 0.193. The summed E-state index contributed by atoms with van der Waals surface area (Å²) in [6, 6.07) is 5.70. The van der Waals surface area contributed by atoms with Gasteiger partial charge in [0.1, 0.15) is 18.5 Å². The third kappa shape index (κ3) is 3.76. The lowest BCUT2D eigenvalue weighted by molar-refractivity contribution is -0.133. The molecule has 0 spiro atoms. The summed E-state index contributed by atoms with van der Waals surface area (Å²) in [5.41, 5.74) is 0.869. The van der Waals surface area contributed by atoms with Crippen LogP contribution in [-0.2, 0) is 17.8 Å². The molecule has 3 amide bonds. The van der Waals surface area contributed by atoms with Crippen LogP contribution in [0.1, 0.15) is 12.0 Å². The molecule has 2 aromatic rings. The van der Waals surface area contributed by atoms with Crippen molar-refractivity contribution in [3.63, 3.8) is 0 Å². The number of rotatable bonds is 6. The summed E-state index contributed by atoms with van der Waals surface area (Å²) < 4.78 is 14.6. The highest BCUT2D eigenvalue weighted by molar-refractivity contribution is 5.98.